The van der Waals surface area contributed by atoms with Crippen molar-refractivity contribution in [1.29, 1.82) is 0 Å². The Kier molecular flexibility index (Phi) is 12.6. The molecule has 0 aromatic heterocycles. The normalized spacial score (nSPS) is 23.3. The van der Waals surface area contributed by atoms with Crippen LogP contribution in [0.25, 0.3) is 0 Å². The lowest BCUT2D eigenvalue weighted by Gasteiger charge is -2.36. The van der Waals surface area contributed by atoms with Gasteiger partial charge in [-0.2, -0.15) is 0 Å². The van der Waals surface area contributed by atoms with E-state index in [0.29, 0.717) is 0 Å². The Hall–Kier alpha value is -1.93. The van der Waals surface area contributed by atoms with Crippen molar-refractivity contribution in [2.24, 2.45) is 23.7 Å². The number of allylic oxidation sites excluding steroid dienone is 6. The maximum absolute atomic E-state index is 14.6. The van der Waals surface area contributed by atoms with Gasteiger partial charge in [0.05, 0.1) is 24.2 Å². The Balaban J connectivity index is 2.60. The summed E-state index contributed by atoms with van der Waals surface area (Å²) in [6.07, 6.45) is 19.7. The zero-order valence-electron chi connectivity index (χ0n) is 22.1. The van der Waals surface area contributed by atoms with Crippen molar-refractivity contribution in [3.05, 3.63) is 47.9 Å². The molecule has 0 bridgehead atoms. The Morgan fingerprint density at radius 3 is 1.35 bits per heavy atom. The lowest BCUT2D eigenvalue weighted by atomic mass is 9.70. The quantitative estimate of drug-likeness (QED) is 0.171. The Labute approximate surface area is 207 Å². The summed E-state index contributed by atoms with van der Waals surface area (Å²) >= 11 is 0. The molecule has 0 radical (unpaired) electrons. The first kappa shape index (κ1) is 28.3. The van der Waals surface area contributed by atoms with Gasteiger partial charge in [0.25, 0.3) is 0 Å². The highest BCUT2D eigenvalue weighted by atomic mass is 16.1. The predicted molar refractivity (Wildman–Crippen MR) is 143 cm³/mol. The van der Waals surface area contributed by atoms with E-state index >= 15 is 0 Å². The van der Waals surface area contributed by atoms with E-state index in [1.165, 1.54) is 0 Å². The van der Waals surface area contributed by atoms with Gasteiger partial charge in [-0.25, -0.2) is 0 Å². The topological polar surface area (TPSA) is 89.2 Å². The van der Waals surface area contributed by atoms with Gasteiger partial charge in [-0.05, 0) is 90.7 Å². The molecule has 0 saturated heterocycles. The molecule has 0 heterocycles. The zero-order valence-corrected chi connectivity index (χ0v) is 22.1. The summed E-state index contributed by atoms with van der Waals surface area (Å²) in [7, 11) is 11.6. The lowest BCUT2D eigenvalue weighted by molar-refractivity contribution is -0.127. The first-order valence-corrected chi connectivity index (χ1v) is 12.9. The molecular formula is C27H48N6O. The van der Waals surface area contributed by atoms with Crippen molar-refractivity contribution in [3.63, 3.8) is 0 Å². The molecule has 0 aromatic carbocycles. The van der Waals surface area contributed by atoms with Gasteiger partial charge in [0.1, 0.15) is 0 Å². The number of carbonyl (C=O) groups is 1. The lowest BCUT2D eigenvalue weighted by Crippen LogP contribution is -2.43. The van der Waals surface area contributed by atoms with Crippen LogP contribution in [-0.4, -0.2) is 60.4 Å². The average molecular weight is 473 g/mol. The largest absolute Gasteiger partial charge is 0.391 e. The molecule has 0 fully saturated rings. The van der Waals surface area contributed by atoms with Gasteiger partial charge in [0.15, 0.2) is 5.78 Å². The second-order valence-electron chi connectivity index (χ2n) is 9.26. The van der Waals surface area contributed by atoms with E-state index in [-0.39, 0.29) is 41.8 Å². The van der Waals surface area contributed by atoms with Crippen molar-refractivity contribution in [3.8, 4) is 0 Å². The highest BCUT2D eigenvalue weighted by molar-refractivity contribution is 5.89. The van der Waals surface area contributed by atoms with Crippen LogP contribution in [0.1, 0.15) is 38.5 Å². The number of likely N-dealkylation sites (N-methyl/N-ethyl adjacent to an activating group) is 4. The van der Waals surface area contributed by atoms with E-state index < -0.39 is 0 Å². The number of nitrogens with one attached hydrogen (secondary N) is 6. The van der Waals surface area contributed by atoms with Crippen LogP contribution in [0.2, 0.25) is 0 Å². The fourth-order valence-corrected chi connectivity index (χ4v) is 5.28. The van der Waals surface area contributed by atoms with Crippen molar-refractivity contribution in [2.75, 3.05) is 42.3 Å². The van der Waals surface area contributed by atoms with Crippen molar-refractivity contribution < 1.29 is 4.79 Å². The van der Waals surface area contributed by atoms with Crippen LogP contribution in [0.3, 0.4) is 0 Å². The highest BCUT2D eigenvalue weighted by Gasteiger charge is 2.40. The molecule has 4 unspecified atom stereocenters. The van der Waals surface area contributed by atoms with Gasteiger partial charge in [-0.1, -0.05) is 24.3 Å². The summed E-state index contributed by atoms with van der Waals surface area (Å²) in [5.74, 6) is 0.195. The Morgan fingerprint density at radius 1 is 0.706 bits per heavy atom. The minimum absolute atomic E-state index is 0.0179. The van der Waals surface area contributed by atoms with E-state index in [0.717, 1.165) is 49.9 Å². The van der Waals surface area contributed by atoms with E-state index in [9.17, 15) is 4.79 Å². The van der Waals surface area contributed by atoms with Crippen LogP contribution in [0.4, 0.5) is 0 Å². The monoisotopic (exact) mass is 472 g/mol. The van der Waals surface area contributed by atoms with Crippen molar-refractivity contribution in [2.45, 2.75) is 50.9 Å². The summed E-state index contributed by atoms with van der Waals surface area (Å²) in [5, 5.41) is 19.9. The third-order valence-corrected chi connectivity index (χ3v) is 7.24. The maximum atomic E-state index is 14.6. The predicted octanol–water partition coefficient (Wildman–Crippen LogP) is 2.24. The maximum Gasteiger partial charge on any atom is 0.151 e. The minimum Gasteiger partial charge on any atom is -0.391 e. The Bertz CT molecular complexity index is 675. The fraction of sp³-hybridized carbons (Fsp3) is 0.667. The first-order valence-electron chi connectivity index (χ1n) is 12.9. The first-order chi connectivity index (χ1) is 16.5. The molecule has 4 atom stereocenters. The number of rotatable bonds is 14. The highest BCUT2D eigenvalue weighted by Crippen LogP contribution is 2.38. The number of ketones is 1. The molecule has 2 aliphatic carbocycles. The fourth-order valence-electron chi connectivity index (χ4n) is 5.28. The molecule has 0 saturated carbocycles. The van der Waals surface area contributed by atoms with Gasteiger partial charge >= 0.3 is 0 Å². The standard InChI is InChI=1S/C27H48N6O/c1-28-21(17-23(30-3)31-4)25(19-13-9-7-10-14-19)27(34)26(20-15-11-8-12-16-20)22(29-2)18-24(32-5)33-6/h9,11,13,15,17-20,23-26,28-33H,7-8,10,12,14,16H2,1-6H3. The molecule has 6 N–H and O–H groups in total. The van der Waals surface area contributed by atoms with E-state index in [1.807, 2.05) is 42.3 Å². The van der Waals surface area contributed by atoms with E-state index in [2.05, 4.69) is 68.4 Å². The van der Waals surface area contributed by atoms with E-state index in [4.69, 9.17) is 0 Å². The average Bonchev–Trinajstić information content (AvgIpc) is 2.89. The summed E-state index contributed by atoms with van der Waals surface area (Å²) in [4.78, 5) is 14.6. The summed E-state index contributed by atoms with van der Waals surface area (Å²) in [6.45, 7) is 0. The van der Waals surface area contributed by atoms with Crippen LogP contribution >= 0.6 is 0 Å². The third-order valence-electron chi connectivity index (χ3n) is 7.24. The van der Waals surface area contributed by atoms with Crippen LogP contribution < -0.4 is 31.9 Å². The summed E-state index contributed by atoms with van der Waals surface area (Å²) in [5.41, 5.74) is 1.96. The molecule has 2 rings (SSSR count). The van der Waals surface area contributed by atoms with Crippen LogP contribution in [0.15, 0.2) is 47.9 Å². The number of Topliss-reactive ketones (excluding diaryl/α,β-unsaturated/α-hetero) is 1. The second-order valence-corrected chi connectivity index (χ2v) is 9.26. The van der Waals surface area contributed by atoms with E-state index in [1.54, 1.807) is 0 Å². The van der Waals surface area contributed by atoms with Crippen molar-refractivity contribution >= 4 is 5.78 Å². The smallest absolute Gasteiger partial charge is 0.151 e. The second kappa shape index (κ2) is 15.1. The van der Waals surface area contributed by atoms with Gasteiger partial charge in [-0.3, -0.25) is 4.79 Å². The molecule has 0 spiro atoms. The Morgan fingerprint density at radius 2 is 1.09 bits per heavy atom. The minimum atomic E-state index is -0.231. The van der Waals surface area contributed by atoms with Crippen molar-refractivity contribution in [1.82, 2.24) is 31.9 Å². The van der Waals surface area contributed by atoms with Gasteiger partial charge in [-0.15, -0.1) is 0 Å². The molecule has 34 heavy (non-hydrogen) atoms. The molecular weight excluding hydrogens is 424 g/mol. The van der Waals surface area contributed by atoms with Crippen LogP contribution in [-0.2, 0) is 4.79 Å². The summed E-state index contributed by atoms with van der Waals surface area (Å²) < 4.78 is 0. The molecule has 0 amide bonds. The third kappa shape index (κ3) is 7.54. The summed E-state index contributed by atoms with van der Waals surface area (Å²) in [6, 6.07) is 0. The van der Waals surface area contributed by atoms with Crippen LogP contribution in [0, 0.1) is 23.7 Å². The van der Waals surface area contributed by atoms with Gasteiger partial charge < -0.3 is 31.9 Å². The number of hydrogen-bond donors (Lipinski definition) is 6. The molecule has 0 aromatic rings. The SMILES string of the molecule is CNC(=CC(NC)NC)C(C(=O)C(C(=CC(NC)NC)NC)C1C=CCCC1)C1C=CCCC1. The van der Waals surface area contributed by atoms with Gasteiger partial charge in [0.2, 0.25) is 0 Å². The molecule has 192 valence electrons. The molecule has 7 heteroatoms. The molecule has 7 nitrogen and oxygen atoms in total. The zero-order chi connectivity index (χ0) is 24.9. The number of hydrogen-bond acceptors (Lipinski definition) is 7. The number of carbonyl (C=O) groups excluding carboxylic acids is 1. The van der Waals surface area contributed by atoms with Gasteiger partial charge in [0, 0.05) is 25.5 Å². The molecule has 0 aliphatic heterocycles. The molecule has 2 aliphatic rings. The van der Waals surface area contributed by atoms with Crippen LogP contribution in [0.5, 0.6) is 0 Å².